The van der Waals surface area contributed by atoms with Crippen LogP contribution < -0.4 is 9.46 Å². The van der Waals surface area contributed by atoms with Crippen LogP contribution >= 0.6 is 15.9 Å². The van der Waals surface area contributed by atoms with E-state index in [1.54, 1.807) is 42.6 Å². The molecule has 0 aliphatic carbocycles. The number of nitrogens with one attached hydrogen (secondary N) is 1. The minimum absolute atomic E-state index is 0.176. The highest BCUT2D eigenvalue weighted by Crippen LogP contribution is 2.15. The molecule has 0 radical (unpaired) electrons. The van der Waals surface area contributed by atoms with Crippen molar-refractivity contribution in [3.8, 4) is 5.88 Å². The molecule has 0 saturated carbocycles. The van der Waals surface area contributed by atoms with E-state index in [0.29, 0.717) is 5.88 Å². The summed E-state index contributed by atoms with van der Waals surface area (Å²) in [5, 5.41) is 0. The van der Waals surface area contributed by atoms with Crippen LogP contribution in [-0.4, -0.2) is 20.5 Å². The molecule has 20 heavy (non-hydrogen) atoms. The van der Waals surface area contributed by atoms with Gasteiger partial charge in [0, 0.05) is 23.3 Å². The summed E-state index contributed by atoms with van der Waals surface area (Å²) in [6, 6.07) is 9.89. The normalized spacial score (nSPS) is 11.3. The second kappa shape index (κ2) is 6.34. The predicted molar refractivity (Wildman–Crippen MR) is 79.0 cm³/mol. The Hall–Kier alpha value is -1.44. The summed E-state index contributed by atoms with van der Waals surface area (Å²) in [6.07, 6.45) is 1.57. The summed E-state index contributed by atoms with van der Waals surface area (Å²) in [6.45, 7) is 0.176. The topological polar surface area (TPSA) is 68.3 Å². The van der Waals surface area contributed by atoms with E-state index < -0.39 is 10.0 Å². The molecule has 5 nitrogen and oxygen atoms in total. The number of rotatable bonds is 5. The zero-order valence-electron chi connectivity index (χ0n) is 10.7. The van der Waals surface area contributed by atoms with E-state index >= 15 is 0 Å². The van der Waals surface area contributed by atoms with Crippen LogP contribution in [0.2, 0.25) is 0 Å². The number of hydrogen-bond acceptors (Lipinski definition) is 4. The maximum Gasteiger partial charge on any atom is 0.240 e. The molecule has 0 aliphatic heterocycles. The number of pyridine rings is 1. The molecule has 2 aromatic rings. The molecule has 0 saturated heterocycles. The standard InChI is InChI=1S/C13H13BrN2O3S/c1-19-13-7-2-10(8-15-13)9-16-20(17,18)12-5-3-11(14)4-6-12/h2-8,16H,9H2,1H3. The van der Waals surface area contributed by atoms with E-state index in [-0.39, 0.29) is 11.4 Å². The monoisotopic (exact) mass is 356 g/mol. The molecule has 2 rings (SSSR count). The van der Waals surface area contributed by atoms with Gasteiger partial charge in [0.1, 0.15) is 0 Å². The van der Waals surface area contributed by atoms with Crippen molar-refractivity contribution in [2.75, 3.05) is 7.11 Å². The predicted octanol–water partition coefficient (Wildman–Crippen LogP) is 2.33. The Morgan fingerprint density at radius 1 is 1.20 bits per heavy atom. The van der Waals surface area contributed by atoms with E-state index in [4.69, 9.17) is 4.74 Å². The molecule has 7 heteroatoms. The van der Waals surface area contributed by atoms with Gasteiger partial charge in [-0.3, -0.25) is 0 Å². The first kappa shape index (κ1) is 15.0. The quantitative estimate of drug-likeness (QED) is 0.892. The van der Waals surface area contributed by atoms with Crippen molar-refractivity contribution in [2.45, 2.75) is 11.4 Å². The van der Waals surface area contributed by atoms with Gasteiger partial charge < -0.3 is 4.74 Å². The number of methoxy groups -OCH3 is 1. The molecule has 106 valence electrons. The molecule has 1 aromatic heterocycles. The smallest absolute Gasteiger partial charge is 0.240 e. The van der Waals surface area contributed by atoms with Crippen LogP contribution in [0.25, 0.3) is 0 Å². The highest BCUT2D eigenvalue weighted by Gasteiger charge is 2.13. The Bertz CT molecular complexity index is 670. The molecular weight excluding hydrogens is 344 g/mol. The van der Waals surface area contributed by atoms with Crippen molar-refractivity contribution in [3.63, 3.8) is 0 Å². The highest BCUT2D eigenvalue weighted by molar-refractivity contribution is 9.10. The third-order valence-corrected chi connectivity index (χ3v) is 4.54. The number of nitrogens with zero attached hydrogens (tertiary/aromatic N) is 1. The Kier molecular flexibility index (Phi) is 4.74. The maximum absolute atomic E-state index is 12.1. The number of halogens is 1. The van der Waals surface area contributed by atoms with Gasteiger partial charge in [-0.1, -0.05) is 22.0 Å². The van der Waals surface area contributed by atoms with Gasteiger partial charge in [-0.05, 0) is 29.8 Å². The minimum Gasteiger partial charge on any atom is -0.481 e. The maximum atomic E-state index is 12.1. The van der Waals surface area contributed by atoms with E-state index in [1.807, 2.05) is 0 Å². The van der Waals surface area contributed by atoms with E-state index in [0.717, 1.165) is 10.0 Å². The minimum atomic E-state index is -3.52. The van der Waals surface area contributed by atoms with Crippen molar-refractivity contribution in [1.82, 2.24) is 9.71 Å². The first-order valence-corrected chi connectivity index (χ1v) is 8.03. The van der Waals surface area contributed by atoms with Crippen LogP contribution in [0.1, 0.15) is 5.56 Å². The Morgan fingerprint density at radius 3 is 2.45 bits per heavy atom. The van der Waals surface area contributed by atoms with Crippen molar-refractivity contribution in [2.24, 2.45) is 0 Å². The Labute approximate surface area is 126 Å². The summed E-state index contributed by atoms with van der Waals surface area (Å²) < 4.78 is 32.4. The van der Waals surface area contributed by atoms with Gasteiger partial charge in [-0.15, -0.1) is 0 Å². The van der Waals surface area contributed by atoms with E-state index in [9.17, 15) is 8.42 Å². The second-order valence-corrected chi connectivity index (χ2v) is 6.67. The molecule has 0 amide bonds. The summed E-state index contributed by atoms with van der Waals surface area (Å²) in [5.41, 5.74) is 0.756. The lowest BCUT2D eigenvalue weighted by Crippen LogP contribution is -2.23. The molecular formula is C13H13BrN2O3S. The van der Waals surface area contributed by atoms with Crippen LogP contribution in [0.4, 0.5) is 0 Å². The number of hydrogen-bond donors (Lipinski definition) is 1. The molecule has 1 N–H and O–H groups in total. The van der Waals surface area contributed by atoms with Gasteiger partial charge in [0.05, 0.1) is 12.0 Å². The second-order valence-electron chi connectivity index (χ2n) is 3.99. The fourth-order valence-corrected chi connectivity index (χ4v) is 2.79. The molecule has 1 heterocycles. The zero-order valence-corrected chi connectivity index (χ0v) is 13.1. The molecule has 0 bridgehead atoms. The summed E-state index contributed by atoms with van der Waals surface area (Å²) in [5.74, 6) is 0.490. The third-order valence-electron chi connectivity index (χ3n) is 2.60. The van der Waals surface area contributed by atoms with Gasteiger partial charge in [-0.25, -0.2) is 18.1 Å². The zero-order chi connectivity index (χ0) is 14.6. The van der Waals surface area contributed by atoms with Crippen LogP contribution in [0.3, 0.4) is 0 Å². The number of benzene rings is 1. The van der Waals surface area contributed by atoms with E-state index in [2.05, 4.69) is 25.6 Å². The third kappa shape index (κ3) is 3.78. The van der Waals surface area contributed by atoms with Crippen molar-refractivity contribution >= 4 is 26.0 Å². The molecule has 0 fully saturated rings. The summed E-state index contributed by atoms with van der Waals surface area (Å²) in [7, 11) is -1.99. The lowest BCUT2D eigenvalue weighted by molar-refractivity contribution is 0.397. The lowest BCUT2D eigenvalue weighted by atomic mass is 10.3. The van der Waals surface area contributed by atoms with Crippen LogP contribution in [0.5, 0.6) is 5.88 Å². The van der Waals surface area contributed by atoms with Gasteiger partial charge in [0.15, 0.2) is 0 Å². The van der Waals surface area contributed by atoms with Gasteiger partial charge >= 0.3 is 0 Å². The summed E-state index contributed by atoms with van der Waals surface area (Å²) in [4.78, 5) is 4.24. The average molecular weight is 357 g/mol. The van der Waals surface area contributed by atoms with Crippen molar-refractivity contribution < 1.29 is 13.2 Å². The average Bonchev–Trinajstić information content (AvgIpc) is 2.46. The van der Waals surface area contributed by atoms with Gasteiger partial charge in [-0.2, -0.15) is 0 Å². The number of sulfonamides is 1. The van der Waals surface area contributed by atoms with Crippen LogP contribution in [0.15, 0.2) is 52.0 Å². The first-order chi connectivity index (χ1) is 9.51. The molecule has 1 aromatic carbocycles. The lowest BCUT2D eigenvalue weighted by Gasteiger charge is -2.07. The molecule has 0 aliphatic rings. The van der Waals surface area contributed by atoms with Crippen LogP contribution in [0, 0.1) is 0 Å². The SMILES string of the molecule is COc1ccc(CNS(=O)(=O)c2ccc(Br)cc2)cn1. The largest absolute Gasteiger partial charge is 0.481 e. The van der Waals surface area contributed by atoms with E-state index in [1.165, 1.54) is 7.11 Å². The highest BCUT2D eigenvalue weighted by atomic mass is 79.9. The Balaban J connectivity index is 2.06. The van der Waals surface area contributed by atoms with Crippen molar-refractivity contribution in [1.29, 1.82) is 0 Å². The van der Waals surface area contributed by atoms with Gasteiger partial charge in [0.2, 0.25) is 15.9 Å². The number of aromatic nitrogens is 1. The molecule has 0 unspecified atom stereocenters. The molecule has 0 atom stereocenters. The van der Waals surface area contributed by atoms with Crippen LogP contribution in [-0.2, 0) is 16.6 Å². The summed E-state index contributed by atoms with van der Waals surface area (Å²) >= 11 is 3.27. The van der Waals surface area contributed by atoms with Crippen molar-refractivity contribution in [3.05, 3.63) is 52.6 Å². The molecule has 0 spiro atoms. The Morgan fingerprint density at radius 2 is 1.90 bits per heavy atom. The van der Waals surface area contributed by atoms with Gasteiger partial charge in [0.25, 0.3) is 0 Å². The fourth-order valence-electron chi connectivity index (χ4n) is 1.51. The fraction of sp³-hybridized carbons (Fsp3) is 0.154. The number of ether oxygens (including phenoxy) is 1. The first-order valence-electron chi connectivity index (χ1n) is 5.75.